The maximum absolute atomic E-state index is 14.5. The van der Waals surface area contributed by atoms with Crippen molar-refractivity contribution in [1.29, 1.82) is 0 Å². The lowest BCUT2D eigenvalue weighted by atomic mass is 9.96. The number of phenolic OH excluding ortho intramolecular Hbond substituents is 1. The normalized spacial score (nSPS) is 15.0. The molecule has 0 aliphatic rings. The fraction of sp³-hybridized carbons (Fsp3) is 0.600. The molecule has 0 radical (unpaired) electrons. The van der Waals surface area contributed by atoms with Gasteiger partial charge in [-0.3, -0.25) is 43.2 Å². The van der Waals surface area contributed by atoms with E-state index in [2.05, 4.69) is 42.5 Å². The van der Waals surface area contributed by atoms with Crippen molar-refractivity contribution in [3.63, 3.8) is 0 Å². The zero-order chi connectivity index (χ0) is 60.1. The van der Waals surface area contributed by atoms with Gasteiger partial charge in [0, 0.05) is 19.3 Å². The molecule has 18 N–H and O–H groups in total. The Hall–Kier alpha value is -7.22. The van der Waals surface area contributed by atoms with E-state index < -0.39 is 145 Å². The Morgan fingerprint density at radius 2 is 0.938 bits per heavy atom. The fourth-order valence-electron chi connectivity index (χ4n) is 8.32. The second-order valence-electron chi connectivity index (χ2n) is 20.8. The minimum atomic E-state index is -1.70. The Morgan fingerprint density at radius 1 is 0.500 bits per heavy atom. The summed E-state index contributed by atoms with van der Waals surface area (Å²) in [5.74, 6) is -11.0. The van der Waals surface area contributed by atoms with Gasteiger partial charge >= 0.3 is 11.9 Å². The number of aliphatic carboxylic acids is 2. The van der Waals surface area contributed by atoms with Crippen molar-refractivity contribution in [2.75, 3.05) is 19.7 Å². The summed E-state index contributed by atoms with van der Waals surface area (Å²) in [5.41, 5.74) is 18.5. The van der Waals surface area contributed by atoms with Crippen LogP contribution >= 0.6 is 0 Å². The molecule has 8 amide bonds. The van der Waals surface area contributed by atoms with Gasteiger partial charge in [0.1, 0.15) is 54.1 Å². The number of carboxylic acids is 2. The van der Waals surface area contributed by atoms with Gasteiger partial charge in [0.2, 0.25) is 47.3 Å². The van der Waals surface area contributed by atoms with Crippen LogP contribution in [0.15, 0.2) is 54.6 Å². The number of nitrogens with two attached hydrogens (primary N) is 3. The molecule has 0 spiro atoms. The predicted molar refractivity (Wildman–Crippen MR) is 297 cm³/mol. The Labute approximate surface area is 467 Å². The minimum absolute atomic E-state index is 0.0543. The summed E-state index contributed by atoms with van der Waals surface area (Å²) in [6, 6.07) is 2.00. The second-order valence-corrected chi connectivity index (χ2v) is 20.8. The number of unbranched alkanes of at least 4 members (excludes halogenated alkanes) is 2. The van der Waals surface area contributed by atoms with E-state index in [-0.39, 0.29) is 50.3 Å². The Balaban J connectivity index is 2.48. The van der Waals surface area contributed by atoms with Crippen molar-refractivity contribution in [3.05, 3.63) is 65.7 Å². The number of aromatic hydroxyl groups is 1. The number of carbonyl (C=O) groups is 10. The molecule has 0 unspecified atom stereocenters. The van der Waals surface area contributed by atoms with Crippen molar-refractivity contribution in [2.24, 2.45) is 35.0 Å². The van der Waals surface area contributed by atoms with Crippen LogP contribution in [0.1, 0.15) is 117 Å². The Morgan fingerprint density at radius 3 is 1.45 bits per heavy atom. The smallest absolute Gasteiger partial charge is 0.326 e. The van der Waals surface area contributed by atoms with Crippen molar-refractivity contribution >= 4 is 59.2 Å². The predicted octanol–water partition coefficient (Wildman–Crippen LogP) is -0.669. The van der Waals surface area contributed by atoms with E-state index in [1.807, 2.05) is 0 Å². The molecule has 25 heteroatoms. The van der Waals surface area contributed by atoms with Crippen LogP contribution in [0.4, 0.5) is 0 Å². The molecule has 0 aliphatic heterocycles. The summed E-state index contributed by atoms with van der Waals surface area (Å²) >= 11 is 0. The second kappa shape index (κ2) is 36.1. The van der Waals surface area contributed by atoms with E-state index in [0.717, 1.165) is 0 Å². The van der Waals surface area contributed by atoms with Crippen molar-refractivity contribution < 1.29 is 68.4 Å². The van der Waals surface area contributed by atoms with E-state index in [0.29, 0.717) is 49.8 Å². The monoisotopic (exact) mass is 1130 g/mol. The van der Waals surface area contributed by atoms with Crippen LogP contribution in [0.25, 0.3) is 0 Å². The highest BCUT2D eigenvalue weighted by atomic mass is 16.4. The van der Waals surface area contributed by atoms with E-state index >= 15 is 0 Å². The standard InChI is InChI=1S/C55H87N11O14/c1-7-33(6)46(54(78)63-41(28-34-15-9-8-10-16-34)51(75)62-42(29-35-19-21-36(68)22-20-35)52(76)65-45(32(4)5)55(79)80)66-49(73)38(18-12-14-26-57)59-48(72)39(23-24-44(69)70)60-53(77)43(30-67)64-50(74)40(27-31(2)3)61-47(71)37(58)17-11-13-25-56/h8-10,15-16,19-22,31-33,37-43,45-46,67-68H,7,11-14,17-18,23-30,56-58H2,1-6H3,(H,59,72)(H,60,77)(H,61,71)(H,62,75)(H,63,78)(H,64,74)(H,65,76)(H,66,73)(H,69,70)(H,79,80)/t33-,37-,38-,39-,40-,41-,42-,43-,45-,46-/m0/s1. The van der Waals surface area contributed by atoms with Crippen LogP contribution in [-0.2, 0) is 60.8 Å². The minimum Gasteiger partial charge on any atom is -0.508 e. The highest BCUT2D eigenvalue weighted by molar-refractivity contribution is 5.98. The fourth-order valence-corrected chi connectivity index (χ4v) is 8.32. The molecule has 0 aliphatic carbocycles. The molecule has 2 aromatic carbocycles. The SMILES string of the molecule is CC[C@H](C)[C@H](NC(=O)[C@H](CCCCN)NC(=O)[C@H](CCC(=O)O)NC(=O)[C@H](CO)NC(=O)[C@H](CC(C)C)NC(=O)[C@@H](N)CCCCN)C(=O)N[C@@H](Cc1ccccc1)C(=O)N[C@@H](Cc1ccc(O)cc1)C(=O)N[C@H](C(=O)O)C(C)C. The van der Waals surface area contributed by atoms with Gasteiger partial charge in [0.05, 0.1) is 12.6 Å². The molecule has 0 bridgehead atoms. The molecule has 0 fully saturated rings. The van der Waals surface area contributed by atoms with E-state index in [9.17, 15) is 68.4 Å². The molecule has 446 valence electrons. The van der Waals surface area contributed by atoms with Gasteiger partial charge in [0.25, 0.3) is 0 Å². The number of hydrogen-bond donors (Lipinski definition) is 15. The van der Waals surface area contributed by atoms with E-state index in [1.54, 1.807) is 71.9 Å². The number of carboxylic acid groups (broad SMARTS) is 2. The van der Waals surface area contributed by atoms with Crippen molar-refractivity contribution in [3.8, 4) is 5.75 Å². The van der Waals surface area contributed by atoms with Gasteiger partial charge in [-0.1, -0.05) is 96.8 Å². The maximum Gasteiger partial charge on any atom is 0.326 e. The zero-order valence-corrected chi connectivity index (χ0v) is 46.8. The molecule has 10 atom stereocenters. The Kier molecular flexibility index (Phi) is 31.1. The molecule has 2 rings (SSSR count). The average Bonchev–Trinajstić information content (AvgIpc) is 3.41. The molecule has 0 saturated heterocycles. The average molecular weight is 1130 g/mol. The van der Waals surface area contributed by atoms with Gasteiger partial charge in [0.15, 0.2) is 0 Å². The van der Waals surface area contributed by atoms with E-state index in [4.69, 9.17) is 17.2 Å². The highest BCUT2D eigenvalue weighted by Gasteiger charge is 2.37. The molecular formula is C55H87N11O14. The van der Waals surface area contributed by atoms with Gasteiger partial charge in [-0.15, -0.1) is 0 Å². The number of aliphatic hydroxyl groups is 1. The number of nitrogens with one attached hydrogen (secondary N) is 8. The third-order valence-electron chi connectivity index (χ3n) is 13.3. The molecule has 0 aromatic heterocycles. The number of amides is 8. The number of benzene rings is 2. The molecule has 0 saturated carbocycles. The third-order valence-corrected chi connectivity index (χ3v) is 13.3. The van der Waals surface area contributed by atoms with Gasteiger partial charge in [-0.25, -0.2) is 4.79 Å². The summed E-state index contributed by atoms with van der Waals surface area (Å²) in [6.45, 7) is 9.82. The molecule has 2 aromatic rings. The first-order valence-corrected chi connectivity index (χ1v) is 27.3. The Bertz CT molecular complexity index is 2320. The highest BCUT2D eigenvalue weighted by Crippen LogP contribution is 2.16. The zero-order valence-electron chi connectivity index (χ0n) is 46.8. The summed E-state index contributed by atoms with van der Waals surface area (Å²) in [6.07, 6.45) is 1.12. The van der Waals surface area contributed by atoms with Crippen LogP contribution < -0.4 is 59.7 Å². The molecular weight excluding hydrogens is 1040 g/mol. The lowest BCUT2D eigenvalue weighted by Crippen LogP contribution is -2.61. The molecule has 0 heterocycles. The summed E-state index contributed by atoms with van der Waals surface area (Å²) in [5, 5.41) is 60.2. The van der Waals surface area contributed by atoms with Crippen LogP contribution in [0.2, 0.25) is 0 Å². The molecule has 25 nitrogen and oxygen atoms in total. The van der Waals surface area contributed by atoms with Crippen molar-refractivity contribution in [1.82, 2.24) is 42.5 Å². The number of aliphatic hydroxyl groups excluding tert-OH is 1. The van der Waals surface area contributed by atoms with Gasteiger partial charge in [-0.2, -0.15) is 0 Å². The van der Waals surface area contributed by atoms with E-state index in [1.165, 1.54) is 24.3 Å². The number of phenols is 1. The number of carbonyl (C=O) groups excluding carboxylic acids is 8. The first-order chi connectivity index (χ1) is 37.8. The largest absolute Gasteiger partial charge is 0.508 e. The first kappa shape index (κ1) is 68.9. The van der Waals surface area contributed by atoms with Gasteiger partial charge in [-0.05, 0) is 99.0 Å². The van der Waals surface area contributed by atoms with Crippen molar-refractivity contribution in [2.45, 2.75) is 173 Å². The van der Waals surface area contributed by atoms with Crippen LogP contribution in [-0.4, -0.2) is 154 Å². The lowest BCUT2D eigenvalue weighted by Gasteiger charge is -2.30. The number of hydrogen-bond acceptors (Lipinski definition) is 15. The lowest BCUT2D eigenvalue weighted by molar-refractivity contribution is -0.143. The first-order valence-electron chi connectivity index (χ1n) is 27.3. The van der Waals surface area contributed by atoms with Crippen LogP contribution in [0.5, 0.6) is 5.75 Å². The van der Waals surface area contributed by atoms with Crippen LogP contribution in [0, 0.1) is 17.8 Å². The van der Waals surface area contributed by atoms with Gasteiger partial charge < -0.3 is 80.2 Å². The van der Waals surface area contributed by atoms with Crippen LogP contribution in [0.3, 0.4) is 0 Å². The molecule has 80 heavy (non-hydrogen) atoms. The topological polar surface area (TPSA) is 426 Å². The third kappa shape index (κ3) is 24.8. The summed E-state index contributed by atoms with van der Waals surface area (Å²) in [4.78, 5) is 136. The number of rotatable bonds is 38. The quantitative estimate of drug-likeness (QED) is 0.0371. The summed E-state index contributed by atoms with van der Waals surface area (Å²) < 4.78 is 0. The maximum atomic E-state index is 14.5. The summed E-state index contributed by atoms with van der Waals surface area (Å²) in [7, 11) is 0.